The van der Waals surface area contributed by atoms with Crippen LogP contribution in [0.3, 0.4) is 0 Å². The summed E-state index contributed by atoms with van der Waals surface area (Å²) < 4.78 is 55.2. The molecule has 1 aromatic heterocycles. The molecule has 0 N–H and O–H groups in total. The average molecular weight is 497 g/mol. The highest BCUT2D eigenvalue weighted by Crippen LogP contribution is 2.33. The number of hydrogen-bond acceptors (Lipinski definition) is 6. The second kappa shape index (κ2) is 10.1. The predicted octanol–water partition coefficient (Wildman–Crippen LogP) is 3.33. The van der Waals surface area contributed by atoms with E-state index in [1.807, 2.05) is 0 Å². The van der Waals surface area contributed by atoms with Crippen LogP contribution < -0.4 is 16.0 Å². The van der Waals surface area contributed by atoms with Crippen LogP contribution in [0.15, 0.2) is 39.6 Å². The van der Waals surface area contributed by atoms with E-state index in [0.29, 0.717) is 4.57 Å². The molecule has 8 nitrogen and oxygen atoms in total. The third-order valence-electron chi connectivity index (χ3n) is 4.05. The first-order chi connectivity index (χ1) is 14.9. The third kappa shape index (κ3) is 5.65. The van der Waals surface area contributed by atoms with E-state index in [4.69, 9.17) is 37.4 Å². The maximum atomic E-state index is 13.1. The molecular formula is C19H17Cl2F3N2O6. The molecule has 0 bridgehead atoms. The molecule has 1 heterocycles. The highest BCUT2D eigenvalue weighted by atomic mass is 35.5. The molecule has 2 aromatic rings. The summed E-state index contributed by atoms with van der Waals surface area (Å²) in [7, 11) is 2.15. The van der Waals surface area contributed by atoms with Gasteiger partial charge >= 0.3 is 17.8 Å². The Bertz CT molecular complexity index is 1170. The Kier molecular flexibility index (Phi) is 8.02. The number of ether oxygens (including phenoxy) is 3. The fourth-order valence-electron chi connectivity index (χ4n) is 2.54. The van der Waals surface area contributed by atoms with Crippen molar-refractivity contribution in [2.24, 2.45) is 7.05 Å². The van der Waals surface area contributed by atoms with Gasteiger partial charge in [0.15, 0.2) is 0 Å². The maximum absolute atomic E-state index is 13.1. The summed E-state index contributed by atoms with van der Waals surface area (Å²) in [5, 5.41) is -0.211. The lowest BCUT2D eigenvalue weighted by Crippen LogP contribution is -2.40. The lowest BCUT2D eigenvalue weighted by atomic mass is 10.2. The van der Waals surface area contributed by atoms with E-state index in [9.17, 15) is 27.6 Å². The molecular weight excluding hydrogens is 480 g/mol. The number of halogens is 5. The largest absolute Gasteiger partial charge is 0.497 e. The summed E-state index contributed by atoms with van der Waals surface area (Å²) in [5.74, 6) is -0.680. The summed E-state index contributed by atoms with van der Waals surface area (Å²) >= 11 is 12.2. The van der Waals surface area contributed by atoms with E-state index in [0.717, 1.165) is 25.3 Å². The van der Waals surface area contributed by atoms with Crippen molar-refractivity contribution >= 4 is 29.2 Å². The highest BCUT2D eigenvalue weighted by molar-refractivity contribution is 6.36. The van der Waals surface area contributed by atoms with Crippen molar-refractivity contribution in [2.75, 3.05) is 20.3 Å². The number of methoxy groups -OCH3 is 1. The van der Waals surface area contributed by atoms with Gasteiger partial charge in [0.2, 0.25) is 0 Å². The molecule has 0 saturated carbocycles. The Balaban J connectivity index is 2.50. The molecule has 32 heavy (non-hydrogen) atoms. The number of carbonyl (C=O) groups is 1. The number of hydrogen-bond donors (Lipinski definition) is 0. The number of carbonyl (C=O) groups excluding carboxylic acids is 1. The minimum absolute atomic E-state index is 0.0258. The SMILES string of the molecule is CCOC(=O)/C=C(\COc1cc(-n2c(=O)cc(C(F)(F)F)n(C)c2=O)c(Cl)cc1Cl)OC. The van der Waals surface area contributed by atoms with E-state index >= 15 is 0 Å². The van der Waals surface area contributed by atoms with Crippen LogP contribution in [-0.2, 0) is 27.5 Å². The van der Waals surface area contributed by atoms with E-state index < -0.39 is 29.1 Å². The number of esters is 1. The molecule has 0 unspecified atom stereocenters. The second-order valence-electron chi connectivity index (χ2n) is 6.13. The van der Waals surface area contributed by atoms with Crippen LogP contribution in [0, 0.1) is 0 Å². The summed E-state index contributed by atoms with van der Waals surface area (Å²) in [4.78, 5) is 36.4. The first-order valence-electron chi connectivity index (χ1n) is 8.84. The molecule has 0 aliphatic heterocycles. The number of alkyl halides is 3. The van der Waals surface area contributed by atoms with Crippen molar-refractivity contribution < 1.29 is 32.2 Å². The zero-order valence-electron chi connectivity index (χ0n) is 17.0. The van der Waals surface area contributed by atoms with E-state index in [1.165, 1.54) is 7.11 Å². The van der Waals surface area contributed by atoms with Crippen LogP contribution in [0.1, 0.15) is 12.6 Å². The van der Waals surface area contributed by atoms with Crippen molar-refractivity contribution in [1.82, 2.24) is 9.13 Å². The predicted molar refractivity (Wildman–Crippen MR) is 110 cm³/mol. The Hall–Kier alpha value is -2.92. The fourth-order valence-corrected chi connectivity index (χ4v) is 3.07. The standard InChI is InChI=1S/C19H17Cl2F3N2O6/c1-4-31-17(28)5-10(30-3)9-32-14-7-13(11(20)6-12(14)21)26-16(27)8-15(19(22,23)24)25(2)18(26)29/h5-8H,4,9H2,1-3H3/b10-5+. The van der Waals surface area contributed by atoms with Crippen LogP contribution in [0.4, 0.5) is 13.2 Å². The summed E-state index contributed by atoms with van der Waals surface area (Å²) in [6.45, 7) is 1.48. The lowest BCUT2D eigenvalue weighted by Gasteiger charge is -2.16. The van der Waals surface area contributed by atoms with Gasteiger partial charge in [-0.3, -0.25) is 9.36 Å². The van der Waals surface area contributed by atoms with Crippen molar-refractivity contribution in [3.63, 3.8) is 0 Å². The van der Waals surface area contributed by atoms with Crippen LogP contribution >= 0.6 is 23.2 Å². The molecule has 0 spiro atoms. The van der Waals surface area contributed by atoms with Crippen molar-refractivity contribution in [3.05, 3.63) is 66.6 Å². The summed E-state index contributed by atoms with van der Waals surface area (Å²) in [5.41, 5.74) is -4.20. The maximum Gasteiger partial charge on any atom is 0.431 e. The topological polar surface area (TPSA) is 88.8 Å². The van der Waals surface area contributed by atoms with Crippen LogP contribution in [0.2, 0.25) is 10.0 Å². The Morgan fingerprint density at radius 3 is 2.38 bits per heavy atom. The Labute approximate surface area is 189 Å². The molecule has 174 valence electrons. The zero-order valence-corrected chi connectivity index (χ0v) is 18.5. The van der Waals surface area contributed by atoms with Crippen LogP contribution in [-0.4, -0.2) is 35.4 Å². The molecule has 0 atom stereocenters. The first-order valence-corrected chi connectivity index (χ1v) is 9.60. The molecule has 0 fully saturated rings. The Morgan fingerprint density at radius 2 is 1.81 bits per heavy atom. The second-order valence-corrected chi connectivity index (χ2v) is 6.95. The lowest BCUT2D eigenvalue weighted by molar-refractivity contribution is -0.144. The Morgan fingerprint density at radius 1 is 1.16 bits per heavy atom. The van der Waals surface area contributed by atoms with Gasteiger partial charge in [-0.05, 0) is 13.0 Å². The van der Waals surface area contributed by atoms with Gasteiger partial charge in [0.25, 0.3) is 5.56 Å². The van der Waals surface area contributed by atoms with E-state index in [1.54, 1.807) is 6.92 Å². The quantitative estimate of drug-likeness (QED) is 0.332. The van der Waals surface area contributed by atoms with Gasteiger partial charge < -0.3 is 14.2 Å². The third-order valence-corrected chi connectivity index (χ3v) is 4.65. The normalized spacial score (nSPS) is 11.9. The van der Waals surface area contributed by atoms with Crippen LogP contribution in [0.5, 0.6) is 5.75 Å². The van der Waals surface area contributed by atoms with Gasteiger partial charge in [0.1, 0.15) is 23.8 Å². The summed E-state index contributed by atoms with van der Waals surface area (Å²) in [6.07, 6.45) is -3.86. The van der Waals surface area contributed by atoms with E-state index in [2.05, 4.69) is 0 Å². The van der Waals surface area contributed by atoms with E-state index in [-0.39, 0.29) is 51.1 Å². The molecule has 0 saturated heterocycles. The van der Waals surface area contributed by atoms with Gasteiger partial charge in [-0.15, -0.1) is 0 Å². The van der Waals surface area contributed by atoms with Gasteiger partial charge in [-0.1, -0.05) is 23.2 Å². The molecule has 13 heteroatoms. The minimum atomic E-state index is -4.91. The van der Waals surface area contributed by atoms with Crippen LogP contribution in [0.25, 0.3) is 5.69 Å². The molecule has 0 amide bonds. The monoisotopic (exact) mass is 496 g/mol. The van der Waals surface area contributed by atoms with Gasteiger partial charge in [0, 0.05) is 19.2 Å². The van der Waals surface area contributed by atoms with Gasteiger partial charge in [-0.25, -0.2) is 14.2 Å². The highest BCUT2D eigenvalue weighted by Gasteiger charge is 2.35. The molecule has 0 aliphatic carbocycles. The van der Waals surface area contributed by atoms with Crippen molar-refractivity contribution in [1.29, 1.82) is 0 Å². The average Bonchev–Trinajstić information content (AvgIpc) is 2.69. The minimum Gasteiger partial charge on any atom is -0.497 e. The smallest absolute Gasteiger partial charge is 0.431 e. The number of nitrogens with zero attached hydrogens (tertiary/aromatic N) is 2. The van der Waals surface area contributed by atoms with Gasteiger partial charge in [0.05, 0.1) is 35.5 Å². The molecule has 2 rings (SSSR count). The summed E-state index contributed by atoms with van der Waals surface area (Å²) in [6, 6.07) is 2.54. The molecule has 1 aromatic carbocycles. The number of aromatic nitrogens is 2. The number of benzene rings is 1. The van der Waals surface area contributed by atoms with Crippen molar-refractivity contribution in [3.8, 4) is 11.4 Å². The van der Waals surface area contributed by atoms with Gasteiger partial charge in [-0.2, -0.15) is 13.2 Å². The zero-order chi connectivity index (χ0) is 24.2. The molecule has 0 aliphatic rings. The molecule has 0 radical (unpaired) electrons. The van der Waals surface area contributed by atoms with Crippen molar-refractivity contribution in [2.45, 2.75) is 13.1 Å². The number of rotatable bonds is 7. The first kappa shape index (κ1) is 25.3. The fraction of sp³-hybridized carbons (Fsp3) is 0.316.